The lowest BCUT2D eigenvalue weighted by Gasteiger charge is -2.43. The van der Waals surface area contributed by atoms with Crippen LogP contribution in [0.1, 0.15) is 41.0 Å². The minimum atomic E-state index is -3.72. The molecule has 2 aliphatic carbocycles. The Hall–Kier alpha value is -3.92. The first-order chi connectivity index (χ1) is 18.2. The van der Waals surface area contributed by atoms with Gasteiger partial charge in [-0.1, -0.05) is 5.57 Å². The van der Waals surface area contributed by atoms with Crippen LogP contribution in [-0.4, -0.2) is 38.8 Å². The topological polar surface area (TPSA) is 86.9 Å². The molecule has 0 bridgehead atoms. The van der Waals surface area contributed by atoms with Crippen molar-refractivity contribution in [3.8, 4) is 5.69 Å². The molecule has 1 fully saturated rings. The summed E-state index contributed by atoms with van der Waals surface area (Å²) in [5, 5.41) is 3.69. The number of aromatic nitrogens is 4. The average molecular weight is 535 g/mol. The highest BCUT2D eigenvalue weighted by Gasteiger charge is 2.52. The molecule has 7 nitrogen and oxygen atoms in total. The molecular weight excluding hydrogens is 510 g/mol. The molecule has 0 aliphatic heterocycles. The van der Waals surface area contributed by atoms with Crippen molar-refractivity contribution in [2.24, 2.45) is 12.5 Å². The van der Waals surface area contributed by atoms with E-state index < -0.39 is 32.1 Å². The molecule has 6 rings (SSSR count). The molecule has 38 heavy (non-hydrogen) atoms. The molecule has 0 spiro atoms. The fourth-order valence-electron chi connectivity index (χ4n) is 5.73. The number of carbonyl (C=O) groups excluding carboxylic acids is 1. The van der Waals surface area contributed by atoms with Gasteiger partial charge in [0.05, 0.1) is 33.1 Å². The van der Waals surface area contributed by atoms with E-state index in [-0.39, 0.29) is 29.2 Å². The van der Waals surface area contributed by atoms with E-state index >= 15 is 0 Å². The molecule has 194 valence electrons. The van der Waals surface area contributed by atoms with Gasteiger partial charge in [-0.25, -0.2) is 21.9 Å². The molecule has 4 aromatic rings. The minimum Gasteiger partial charge on any atom is -0.356 e. The molecular formula is C28H24F2N4O3S. The van der Waals surface area contributed by atoms with Gasteiger partial charge in [0, 0.05) is 31.7 Å². The van der Waals surface area contributed by atoms with Gasteiger partial charge in [-0.3, -0.25) is 9.78 Å². The molecule has 2 atom stereocenters. The minimum absolute atomic E-state index is 0.0389. The maximum Gasteiger partial charge on any atom is 0.191 e. The van der Waals surface area contributed by atoms with E-state index in [9.17, 15) is 22.0 Å². The summed E-state index contributed by atoms with van der Waals surface area (Å²) >= 11 is 0. The van der Waals surface area contributed by atoms with E-state index in [4.69, 9.17) is 0 Å². The van der Waals surface area contributed by atoms with Crippen LogP contribution in [-0.2, 0) is 23.3 Å². The Labute approximate surface area is 218 Å². The standard InChI is InChI=1S/C28H24F2N4O3S/c1-33-11-9-24(17-33)38(36,37)23-7-2-19-12-26-18(16-32-34(26)22-5-3-20(29)4-6-22)14-28(19,15-23)27(35)25-13-21(30)8-10-31-25/h3-6,8-13,16-17,23H,2,7,14-15H2,1H3/t23-,28-/m0/s1. The van der Waals surface area contributed by atoms with E-state index in [1.807, 2.05) is 6.08 Å². The van der Waals surface area contributed by atoms with Gasteiger partial charge < -0.3 is 4.57 Å². The molecule has 10 heteroatoms. The van der Waals surface area contributed by atoms with Crippen LogP contribution in [0.5, 0.6) is 0 Å². The lowest BCUT2D eigenvalue weighted by atomic mass is 9.61. The van der Waals surface area contributed by atoms with Crippen molar-refractivity contribution in [2.75, 3.05) is 0 Å². The number of hydrogen-bond acceptors (Lipinski definition) is 5. The third kappa shape index (κ3) is 3.91. The van der Waals surface area contributed by atoms with Gasteiger partial charge in [0.25, 0.3) is 0 Å². The normalized spacial score (nSPS) is 20.9. The van der Waals surface area contributed by atoms with Crippen LogP contribution in [0, 0.1) is 17.0 Å². The van der Waals surface area contributed by atoms with Crippen molar-refractivity contribution in [1.82, 2.24) is 19.3 Å². The van der Waals surface area contributed by atoms with Crippen molar-refractivity contribution in [2.45, 2.75) is 35.8 Å². The number of hydrogen-bond donors (Lipinski definition) is 0. The van der Waals surface area contributed by atoms with Gasteiger partial charge in [0.1, 0.15) is 17.3 Å². The summed E-state index contributed by atoms with van der Waals surface area (Å²) in [6.45, 7) is 0. The molecule has 0 N–H and O–H groups in total. The fourth-order valence-corrected chi connectivity index (χ4v) is 7.61. The second-order valence-corrected chi connectivity index (χ2v) is 12.2. The zero-order chi connectivity index (χ0) is 26.7. The SMILES string of the molecule is Cn1ccc(S(=O)(=O)[C@H]2CCC3=Cc4c(cnn4-c4ccc(F)cc4)C[C@]3(C(=O)c3cc(F)ccn3)C2)c1. The third-order valence-corrected chi connectivity index (χ3v) is 9.83. The Kier molecular flexibility index (Phi) is 5.68. The Bertz CT molecular complexity index is 1710. The highest BCUT2D eigenvalue weighted by atomic mass is 32.2. The maximum atomic E-state index is 14.1. The van der Waals surface area contributed by atoms with E-state index in [0.29, 0.717) is 18.5 Å². The number of allylic oxidation sites excluding steroid dienone is 1. The predicted octanol–water partition coefficient (Wildman–Crippen LogP) is 4.72. The summed E-state index contributed by atoms with van der Waals surface area (Å²) in [7, 11) is -1.97. The first kappa shape index (κ1) is 24.4. The van der Waals surface area contributed by atoms with Crippen LogP contribution < -0.4 is 0 Å². The number of benzene rings is 1. The fraction of sp³-hybridized carbons (Fsp3) is 0.250. The first-order valence-corrected chi connectivity index (χ1v) is 13.8. The van der Waals surface area contributed by atoms with Crippen LogP contribution in [0.15, 0.2) is 77.7 Å². The predicted molar refractivity (Wildman–Crippen MR) is 136 cm³/mol. The summed E-state index contributed by atoms with van der Waals surface area (Å²) in [5.74, 6) is -1.36. The number of fused-ring (bicyclic) bond motifs is 2. The van der Waals surface area contributed by atoms with Gasteiger partial charge in [-0.2, -0.15) is 5.10 Å². The molecule has 3 heterocycles. The summed E-state index contributed by atoms with van der Waals surface area (Å²) in [6, 6.07) is 9.77. The zero-order valence-electron chi connectivity index (χ0n) is 20.5. The Morgan fingerprint density at radius 3 is 2.61 bits per heavy atom. The van der Waals surface area contributed by atoms with Crippen LogP contribution >= 0.6 is 0 Å². The Morgan fingerprint density at radius 1 is 1.11 bits per heavy atom. The molecule has 1 saturated carbocycles. The van der Waals surface area contributed by atoms with Crippen molar-refractivity contribution >= 4 is 21.7 Å². The monoisotopic (exact) mass is 534 g/mol. The van der Waals surface area contributed by atoms with Crippen LogP contribution in [0.4, 0.5) is 8.78 Å². The van der Waals surface area contributed by atoms with Gasteiger partial charge in [0.15, 0.2) is 15.6 Å². The average Bonchev–Trinajstić information content (AvgIpc) is 3.53. The van der Waals surface area contributed by atoms with Gasteiger partial charge >= 0.3 is 0 Å². The lowest BCUT2D eigenvalue weighted by Crippen LogP contribution is -2.45. The zero-order valence-corrected chi connectivity index (χ0v) is 21.3. The first-order valence-electron chi connectivity index (χ1n) is 12.2. The van der Waals surface area contributed by atoms with E-state index in [2.05, 4.69) is 10.1 Å². The lowest BCUT2D eigenvalue weighted by molar-refractivity contribution is 0.0796. The Balaban J connectivity index is 1.46. The van der Waals surface area contributed by atoms with E-state index in [1.54, 1.807) is 53.1 Å². The summed E-state index contributed by atoms with van der Waals surface area (Å²) in [6.07, 6.45) is 8.98. The van der Waals surface area contributed by atoms with Gasteiger partial charge in [0.2, 0.25) is 0 Å². The van der Waals surface area contributed by atoms with E-state index in [0.717, 1.165) is 22.9 Å². The number of sulfone groups is 1. The second-order valence-electron chi connectivity index (χ2n) is 9.98. The number of aryl methyl sites for hydroxylation is 1. The van der Waals surface area contributed by atoms with Crippen LogP contribution in [0.2, 0.25) is 0 Å². The molecule has 0 radical (unpaired) electrons. The third-order valence-electron chi connectivity index (χ3n) is 7.65. The van der Waals surface area contributed by atoms with E-state index in [1.165, 1.54) is 24.4 Å². The maximum absolute atomic E-state index is 14.1. The molecule has 3 aromatic heterocycles. The summed E-state index contributed by atoms with van der Waals surface area (Å²) in [5.41, 5.74) is 1.69. The quantitative estimate of drug-likeness (QED) is 0.346. The summed E-state index contributed by atoms with van der Waals surface area (Å²) < 4.78 is 58.2. The number of nitrogens with zero attached hydrogens (tertiary/aromatic N) is 4. The Morgan fingerprint density at radius 2 is 1.89 bits per heavy atom. The highest BCUT2D eigenvalue weighted by Crippen LogP contribution is 2.51. The summed E-state index contributed by atoms with van der Waals surface area (Å²) in [4.78, 5) is 18.5. The smallest absolute Gasteiger partial charge is 0.191 e. The number of rotatable bonds is 5. The number of ketones is 1. The molecule has 2 aliphatic rings. The van der Waals surface area contributed by atoms with Gasteiger partial charge in [-0.05, 0) is 73.7 Å². The number of carbonyl (C=O) groups is 1. The number of halogens is 2. The molecule has 0 amide bonds. The highest BCUT2D eigenvalue weighted by molar-refractivity contribution is 7.92. The number of Topliss-reactive ketones (excluding diaryl/α,β-unsaturated/α-hetero) is 1. The van der Waals surface area contributed by atoms with Crippen molar-refractivity contribution in [3.05, 3.63) is 101 Å². The molecule has 1 aromatic carbocycles. The number of pyridine rings is 1. The van der Waals surface area contributed by atoms with Crippen molar-refractivity contribution < 1.29 is 22.0 Å². The van der Waals surface area contributed by atoms with Crippen LogP contribution in [0.3, 0.4) is 0 Å². The van der Waals surface area contributed by atoms with Crippen molar-refractivity contribution in [3.63, 3.8) is 0 Å². The largest absolute Gasteiger partial charge is 0.356 e. The van der Waals surface area contributed by atoms with Crippen LogP contribution in [0.25, 0.3) is 11.8 Å². The van der Waals surface area contributed by atoms with Crippen molar-refractivity contribution in [1.29, 1.82) is 0 Å². The molecule has 0 saturated heterocycles. The van der Waals surface area contributed by atoms with Gasteiger partial charge in [-0.15, -0.1) is 0 Å². The molecule has 0 unspecified atom stereocenters. The second kappa shape index (κ2) is 8.83.